The highest BCUT2D eigenvalue weighted by atomic mass is 16.6. The van der Waals surface area contributed by atoms with Gasteiger partial charge in [0, 0.05) is 72.4 Å². The molecule has 0 saturated carbocycles. The Morgan fingerprint density at radius 2 is 1.73 bits per heavy atom. The van der Waals surface area contributed by atoms with E-state index in [0.717, 1.165) is 59.6 Å². The van der Waals surface area contributed by atoms with Crippen LogP contribution in [0.4, 0.5) is 11.5 Å². The van der Waals surface area contributed by atoms with Crippen molar-refractivity contribution in [3.05, 3.63) is 65.2 Å². The summed E-state index contributed by atoms with van der Waals surface area (Å²) in [6.45, 7) is 3.59. The van der Waals surface area contributed by atoms with Gasteiger partial charge in [0.05, 0.1) is 10.5 Å². The molecule has 4 heterocycles. The van der Waals surface area contributed by atoms with Gasteiger partial charge >= 0.3 is 0 Å². The number of nitro groups is 1. The normalized spacial score (nSPS) is 15.0. The molecule has 1 fully saturated rings. The predicted octanol–water partition coefficient (Wildman–Crippen LogP) is 3.89. The highest BCUT2D eigenvalue weighted by molar-refractivity contribution is 6.00. The number of nitrogens with zero attached hydrogens (tertiary/aromatic N) is 4. The van der Waals surface area contributed by atoms with Gasteiger partial charge in [-0.25, -0.2) is 4.98 Å². The SMILES string of the molecule is CN1CCN(c2cc(-c3c[nH]cc3-c3c[nH]c4ccccc34)c([N+](=O)[O-])cn2)CC1. The summed E-state index contributed by atoms with van der Waals surface area (Å²) in [6.07, 6.45) is 7.05. The number of hydrogen-bond donors (Lipinski definition) is 2. The topological polar surface area (TPSA) is 94.1 Å². The van der Waals surface area contributed by atoms with Crippen molar-refractivity contribution in [1.82, 2.24) is 19.9 Å². The zero-order valence-electron chi connectivity index (χ0n) is 16.6. The first-order valence-corrected chi connectivity index (χ1v) is 9.93. The maximum absolute atomic E-state index is 11.8. The predicted molar refractivity (Wildman–Crippen MR) is 118 cm³/mol. The number of H-pyrrole nitrogens is 2. The molecule has 5 rings (SSSR count). The van der Waals surface area contributed by atoms with Crippen molar-refractivity contribution in [3.8, 4) is 22.3 Å². The summed E-state index contributed by atoms with van der Waals surface area (Å²) in [6, 6.07) is 9.90. The number of aromatic amines is 2. The first-order chi connectivity index (χ1) is 14.6. The van der Waals surface area contributed by atoms with Gasteiger partial charge in [0.2, 0.25) is 0 Å². The molecule has 2 N–H and O–H groups in total. The average Bonchev–Trinajstić information content (AvgIpc) is 3.40. The lowest BCUT2D eigenvalue weighted by molar-refractivity contribution is -0.384. The summed E-state index contributed by atoms with van der Waals surface area (Å²) in [7, 11) is 2.10. The number of aromatic nitrogens is 3. The Bertz CT molecular complexity index is 1220. The highest BCUT2D eigenvalue weighted by Gasteiger charge is 2.24. The molecule has 30 heavy (non-hydrogen) atoms. The quantitative estimate of drug-likeness (QED) is 0.399. The van der Waals surface area contributed by atoms with E-state index >= 15 is 0 Å². The van der Waals surface area contributed by atoms with Crippen LogP contribution in [0.3, 0.4) is 0 Å². The third kappa shape index (κ3) is 3.11. The number of fused-ring (bicyclic) bond motifs is 1. The fraction of sp³-hybridized carbons (Fsp3) is 0.227. The summed E-state index contributed by atoms with van der Waals surface area (Å²) >= 11 is 0. The zero-order valence-corrected chi connectivity index (χ0v) is 16.6. The Morgan fingerprint density at radius 1 is 1.00 bits per heavy atom. The van der Waals surface area contributed by atoms with Gasteiger partial charge in [-0.3, -0.25) is 10.1 Å². The van der Waals surface area contributed by atoms with Crippen LogP contribution in [0.2, 0.25) is 0 Å². The number of nitrogens with one attached hydrogen (secondary N) is 2. The lowest BCUT2D eigenvalue weighted by Gasteiger charge is -2.33. The minimum atomic E-state index is -0.359. The number of likely N-dealkylation sites (N-methyl/N-ethyl adjacent to an activating group) is 1. The van der Waals surface area contributed by atoms with Crippen molar-refractivity contribution in [3.63, 3.8) is 0 Å². The van der Waals surface area contributed by atoms with E-state index < -0.39 is 0 Å². The summed E-state index contributed by atoms with van der Waals surface area (Å²) in [4.78, 5) is 26.7. The van der Waals surface area contributed by atoms with E-state index in [4.69, 9.17) is 0 Å². The third-order valence-electron chi connectivity index (χ3n) is 5.81. The lowest BCUT2D eigenvalue weighted by atomic mass is 9.98. The first kappa shape index (κ1) is 18.4. The van der Waals surface area contributed by atoms with E-state index in [2.05, 4.69) is 37.9 Å². The van der Waals surface area contributed by atoms with Crippen molar-refractivity contribution in [2.75, 3.05) is 38.1 Å². The lowest BCUT2D eigenvalue weighted by Crippen LogP contribution is -2.44. The maximum atomic E-state index is 11.8. The molecule has 0 atom stereocenters. The summed E-state index contributed by atoms with van der Waals surface area (Å²) in [5.41, 5.74) is 4.34. The summed E-state index contributed by atoms with van der Waals surface area (Å²) < 4.78 is 0. The molecular weight excluding hydrogens is 380 g/mol. The summed E-state index contributed by atoms with van der Waals surface area (Å²) in [5.74, 6) is 0.773. The van der Waals surface area contributed by atoms with Crippen LogP contribution in [-0.2, 0) is 0 Å². The molecule has 8 heteroatoms. The van der Waals surface area contributed by atoms with Gasteiger partial charge in [0.1, 0.15) is 12.0 Å². The van der Waals surface area contributed by atoms with Crippen molar-refractivity contribution in [1.29, 1.82) is 0 Å². The molecule has 0 spiro atoms. The second-order valence-corrected chi connectivity index (χ2v) is 7.64. The van der Waals surface area contributed by atoms with Crippen molar-refractivity contribution in [2.45, 2.75) is 0 Å². The number of piperazine rings is 1. The fourth-order valence-electron chi connectivity index (χ4n) is 4.11. The number of rotatable bonds is 4. The Kier molecular flexibility index (Phi) is 4.48. The van der Waals surface area contributed by atoms with E-state index in [-0.39, 0.29) is 10.6 Å². The van der Waals surface area contributed by atoms with E-state index in [1.54, 1.807) is 0 Å². The van der Waals surface area contributed by atoms with Crippen LogP contribution < -0.4 is 4.90 Å². The molecule has 0 unspecified atom stereocenters. The van der Waals surface area contributed by atoms with E-state index in [9.17, 15) is 10.1 Å². The van der Waals surface area contributed by atoms with E-state index in [1.165, 1.54) is 6.20 Å². The van der Waals surface area contributed by atoms with Gasteiger partial charge in [-0.1, -0.05) is 18.2 Å². The van der Waals surface area contributed by atoms with Gasteiger partial charge in [0.25, 0.3) is 5.69 Å². The summed E-state index contributed by atoms with van der Waals surface area (Å²) in [5, 5.41) is 12.9. The van der Waals surface area contributed by atoms with Crippen molar-refractivity contribution in [2.24, 2.45) is 0 Å². The maximum Gasteiger partial charge on any atom is 0.295 e. The Labute approximate surface area is 173 Å². The van der Waals surface area contributed by atoms with Gasteiger partial charge in [0.15, 0.2) is 0 Å². The molecule has 1 saturated heterocycles. The molecule has 3 aromatic heterocycles. The number of pyridine rings is 1. The van der Waals surface area contributed by atoms with Crippen LogP contribution in [0.5, 0.6) is 0 Å². The third-order valence-corrected chi connectivity index (χ3v) is 5.81. The second-order valence-electron chi connectivity index (χ2n) is 7.64. The van der Waals surface area contributed by atoms with Crippen molar-refractivity contribution >= 4 is 22.4 Å². The van der Waals surface area contributed by atoms with Crippen LogP contribution in [0.25, 0.3) is 33.2 Å². The van der Waals surface area contributed by atoms with Gasteiger partial charge in [-0.05, 0) is 19.2 Å². The Balaban J connectivity index is 1.63. The van der Waals surface area contributed by atoms with Gasteiger partial charge in [-0.2, -0.15) is 0 Å². The van der Waals surface area contributed by atoms with Gasteiger partial charge in [-0.15, -0.1) is 0 Å². The molecule has 1 aliphatic heterocycles. The molecule has 0 aliphatic carbocycles. The van der Waals surface area contributed by atoms with Crippen LogP contribution >= 0.6 is 0 Å². The number of hydrogen-bond acceptors (Lipinski definition) is 5. The standard InChI is InChI=1S/C22H22N6O2/c1-26-6-8-27(9-7-26)22-10-16(21(14-25-22)28(29)30)17-11-23-12-18(17)19-13-24-20-5-3-2-4-15(19)20/h2-5,10-14,23-24H,6-9H2,1H3. The monoisotopic (exact) mass is 402 g/mol. The first-order valence-electron chi connectivity index (χ1n) is 9.93. The van der Waals surface area contributed by atoms with Crippen molar-refractivity contribution < 1.29 is 4.92 Å². The molecule has 0 bridgehead atoms. The Morgan fingerprint density at radius 3 is 2.50 bits per heavy atom. The molecule has 8 nitrogen and oxygen atoms in total. The highest BCUT2D eigenvalue weighted by Crippen LogP contribution is 2.40. The number of para-hydroxylation sites is 1. The largest absolute Gasteiger partial charge is 0.366 e. The Hall–Kier alpha value is -3.65. The minimum absolute atomic E-state index is 0.00793. The molecule has 152 valence electrons. The minimum Gasteiger partial charge on any atom is -0.366 e. The zero-order chi connectivity index (χ0) is 20.7. The van der Waals surface area contributed by atoms with E-state index in [0.29, 0.717) is 5.56 Å². The van der Waals surface area contributed by atoms with Crippen LogP contribution in [0, 0.1) is 10.1 Å². The second kappa shape index (κ2) is 7.31. The van der Waals surface area contributed by atoms with Crippen LogP contribution in [0.15, 0.2) is 55.1 Å². The number of benzene rings is 1. The van der Waals surface area contributed by atoms with Crippen LogP contribution in [-0.4, -0.2) is 58.0 Å². The smallest absolute Gasteiger partial charge is 0.295 e. The van der Waals surface area contributed by atoms with Gasteiger partial charge < -0.3 is 19.8 Å². The number of anilines is 1. The van der Waals surface area contributed by atoms with E-state index in [1.807, 2.05) is 42.9 Å². The average molecular weight is 402 g/mol. The molecular formula is C22H22N6O2. The molecule has 0 radical (unpaired) electrons. The van der Waals surface area contributed by atoms with Crippen LogP contribution in [0.1, 0.15) is 0 Å². The fourth-order valence-corrected chi connectivity index (χ4v) is 4.11. The molecule has 0 amide bonds. The molecule has 1 aliphatic rings. The molecule has 4 aromatic rings. The molecule has 1 aromatic carbocycles.